The fourth-order valence-electron chi connectivity index (χ4n) is 3.09. The van der Waals surface area contributed by atoms with Crippen LogP contribution in [-0.4, -0.2) is 63.9 Å². The number of likely N-dealkylation sites (N-methyl/N-ethyl adjacent to an activating group) is 1. The lowest BCUT2D eigenvalue weighted by Gasteiger charge is -2.27. The van der Waals surface area contributed by atoms with Crippen LogP contribution in [0, 0.1) is 0 Å². The quantitative estimate of drug-likeness (QED) is 0.240. The molecule has 0 aliphatic carbocycles. The second kappa shape index (κ2) is 12.8. The van der Waals surface area contributed by atoms with E-state index in [0.717, 1.165) is 5.56 Å². The van der Waals surface area contributed by atoms with Crippen LogP contribution in [0.4, 0.5) is 0 Å². The number of benzene rings is 1. The van der Waals surface area contributed by atoms with E-state index in [2.05, 4.69) is 20.5 Å². The van der Waals surface area contributed by atoms with Crippen molar-refractivity contribution in [2.24, 2.45) is 4.99 Å². The van der Waals surface area contributed by atoms with E-state index in [1.165, 1.54) is 0 Å². The first-order valence-electron chi connectivity index (χ1n) is 9.99. The third-order valence-electron chi connectivity index (χ3n) is 4.82. The Kier molecular flexibility index (Phi) is 11.1. The molecule has 174 valence electrons. The highest BCUT2D eigenvalue weighted by Crippen LogP contribution is 2.31. The van der Waals surface area contributed by atoms with Gasteiger partial charge in [-0.05, 0) is 57.8 Å². The zero-order chi connectivity index (χ0) is 22.1. The summed E-state index contributed by atoms with van der Waals surface area (Å²) >= 11 is 0. The van der Waals surface area contributed by atoms with Gasteiger partial charge in [0.25, 0.3) is 0 Å². The first-order valence-corrected chi connectivity index (χ1v) is 9.99. The van der Waals surface area contributed by atoms with Gasteiger partial charge in [-0.15, -0.1) is 24.0 Å². The molecule has 1 aromatic carbocycles. The van der Waals surface area contributed by atoms with E-state index in [4.69, 9.17) is 13.9 Å². The summed E-state index contributed by atoms with van der Waals surface area (Å²) in [5, 5.41) is 17.2. The number of rotatable bonds is 10. The normalized spacial score (nSPS) is 14.4. The molecule has 9 heteroatoms. The lowest BCUT2D eigenvalue weighted by molar-refractivity contribution is 0.0437. The lowest BCUT2D eigenvalue weighted by atomic mass is 10.0. The molecule has 1 aromatic heterocycles. The molecule has 31 heavy (non-hydrogen) atoms. The SMILES string of the molecule is CCNC(=NCC(C)(O)c1ccco1)NCC(c1ccc(OC)c(OC)c1)N(C)C.I. The van der Waals surface area contributed by atoms with Crippen LogP contribution in [0.1, 0.15) is 31.2 Å². The molecule has 3 N–H and O–H groups in total. The smallest absolute Gasteiger partial charge is 0.191 e. The Labute approximate surface area is 202 Å². The largest absolute Gasteiger partial charge is 0.493 e. The summed E-state index contributed by atoms with van der Waals surface area (Å²) in [6.45, 7) is 5.17. The van der Waals surface area contributed by atoms with E-state index < -0.39 is 5.60 Å². The van der Waals surface area contributed by atoms with Crippen molar-refractivity contribution in [3.63, 3.8) is 0 Å². The highest BCUT2D eigenvalue weighted by atomic mass is 127. The van der Waals surface area contributed by atoms with Crippen molar-refractivity contribution in [2.45, 2.75) is 25.5 Å². The Bertz CT molecular complexity index is 810. The second-order valence-corrected chi connectivity index (χ2v) is 7.42. The molecule has 0 bridgehead atoms. The molecule has 2 atom stereocenters. The van der Waals surface area contributed by atoms with Gasteiger partial charge < -0.3 is 34.5 Å². The Hall–Kier alpha value is -1.98. The maximum atomic E-state index is 10.7. The summed E-state index contributed by atoms with van der Waals surface area (Å²) in [6.07, 6.45) is 1.54. The average molecular weight is 546 g/mol. The number of nitrogens with zero attached hydrogens (tertiary/aromatic N) is 2. The fourth-order valence-corrected chi connectivity index (χ4v) is 3.09. The van der Waals surface area contributed by atoms with Crippen LogP contribution in [0.5, 0.6) is 11.5 Å². The van der Waals surface area contributed by atoms with Crippen molar-refractivity contribution >= 4 is 29.9 Å². The van der Waals surface area contributed by atoms with Crippen LogP contribution in [0.25, 0.3) is 0 Å². The molecule has 1 heterocycles. The van der Waals surface area contributed by atoms with Gasteiger partial charge in [0.05, 0.1) is 33.1 Å². The molecule has 2 unspecified atom stereocenters. The Balaban J connectivity index is 0.00000480. The van der Waals surface area contributed by atoms with E-state index in [1.807, 2.05) is 39.2 Å². The molecule has 0 aliphatic rings. The van der Waals surface area contributed by atoms with Gasteiger partial charge in [-0.1, -0.05) is 6.07 Å². The summed E-state index contributed by atoms with van der Waals surface area (Å²) in [6, 6.07) is 9.48. The van der Waals surface area contributed by atoms with Crippen LogP contribution in [0.15, 0.2) is 46.0 Å². The number of hydrogen-bond donors (Lipinski definition) is 3. The molecule has 0 saturated heterocycles. The first-order chi connectivity index (χ1) is 14.3. The molecule has 0 saturated carbocycles. The predicted molar refractivity (Wildman–Crippen MR) is 134 cm³/mol. The van der Waals surface area contributed by atoms with Gasteiger partial charge in [-0.2, -0.15) is 0 Å². The zero-order valence-corrected chi connectivity index (χ0v) is 21.5. The topological polar surface area (TPSA) is 91.5 Å². The van der Waals surface area contributed by atoms with Gasteiger partial charge in [0.15, 0.2) is 17.5 Å². The Morgan fingerprint density at radius 2 is 1.90 bits per heavy atom. The number of guanidine groups is 1. The summed E-state index contributed by atoms with van der Waals surface area (Å²) in [7, 11) is 7.30. The van der Waals surface area contributed by atoms with Crippen molar-refractivity contribution in [1.82, 2.24) is 15.5 Å². The first kappa shape index (κ1) is 27.1. The molecule has 0 radical (unpaired) electrons. The van der Waals surface area contributed by atoms with Crippen molar-refractivity contribution in [3.8, 4) is 11.5 Å². The molecule has 2 aromatic rings. The predicted octanol–water partition coefficient (Wildman–Crippen LogP) is 2.98. The molecular weight excluding hydrogens is 511 g/mol. The minimum absolute atomic E-state index is 0. The standard InChI is InChI=1S/C22H34N4O4.HI/c1-7-23-21(25-15-22(2,27)20-9-8-12-30-20)24-14-17(26(3)4)16-10-11-18(28-5)19(13-16)29-6;/h8-13,17,27H,7,14-15H2,1-6H3,(H2,23,24,25);1H. The highest BCUT2D eigenvalue weighted by molar-refractivity contribution is 14.0. The third kappa shape index (κ3) is 7.58. The van der Waals surface area contributed by atoms with Crippen LogP contribution in [0.3, 0.4) is 0 Å². The molecule has 0 amide bonds. The Morgan fingerprint density at radius 1 is 1.19 bits per heavy atom. The van der Waals surface area contributed by atoms with Crippen LogP contribution in [-0.2, 0) is 5.60 Å². The molecule has 0 aliphatic heterocycles. The van der Waals surface area contributed by atoms with Gasteiger partial charge in [-0.3, -0.25) is 0 Å². The maximum Gasteiger partial charge on any atom is 0.191 e. The summed E-state index contributed by atoms with van der Waals surface area (Å²) in [4.78, 5) is 6.67. The van der Waals surface area contributed by atoms with E-state index in [0.29, 0.717) is 36.3 Å². The van der Waals surface area contributed by atoms with Crippen LogP contribution >= 0.6 is 24.0 Å². The number of aliphatic imine (C=N–C) groups is 1. The monoisotopic (exact) mass is 546 g/mol. The van der Waals surface area contributed by atoms with Crippen molar-refractivity contribution in [3.05, 3.63) is 47.9 Å². The second-order valence-electron chi connectivity index (χ2n) is 7.42. The van der Waals surface area contributed by atoms with Gasteiger partial charge >= 0.3 is 0 Å². The minimum Gasteiger partial charge on any atom is -0.493 e. The molecular formula is C22H35IN4O4. The third-order valence-corrected chi connectivity index (χ3v) is 4.82. The number of hydrogen-bond acceptors (Lipinski definition) is 6. The number of aliphatic hydroxyl groups is 1. The van der Waals surface area contributed by atoms with E-state index in [1.54, 1.807) is 39.5 Å². The lowest BCUT2D eigenvalue weighted by Crippen LogP contribution is -2.42. The van der Waals surface area contributed by atoms with E-state index >= 15 is 0 Å². The number of ether oxygens (including phenoxy) is 2. The maximum absolute atomic E-state index is 10.7. The molecule has 0 spiro atoms. The number of methoxy groups -OCH3 is 2. The van der Waals surface area contributed by atoms with Gasteiger partial charge in [0.1, 0.15) is 11.4 Å². The van der Waals surface area contributed by atoms with Gasteiger partial charge in [0, 0.05) is 13.1 Å². The number of furan rings is 1. The van der Waals surface area contributed by atoms with Crippen molar-refractivity contribution < 1.29 is 19.0 Å². The molecule has 2 rings (SSSR count). The molecule has 8 nitrogen and oxygen atoms in total. The van der Waals surface area contributed by atoms with Crippen molar-refractivity contribution in [2.75, 3.05) is 47.9 Å². The minimum atomic E-state index is -1.18. The van der Waals surface area contributed by atoms with E-state index in [-0.39, 0.29) is 36.6 Å². The average Bonchev–Trinajstić information content (AvgIpc) is 3.27. The zero-order valence-electron chi connectivity index (χ0n) is 19.1. The number of halogens is 1. The summed E-state index contributed by atoms with van der Waals surface area (Å²) in [5.74, 6) is 2.49. The Morgan fingerprint density at radius 3 is 2.45 bits per heavy atom. The van der Waals surface area contributed by atoms with Crippen molar-refractivity contribution in [1.29, 1.82) is 0 Å². The number of nitrogens with one attached hydrogen (secondary N) is 2. The van der Waals surface area contributed by atoms with E-state index in [9.17, 15) is 5.11 Å². The van der Waals surface area contributed by atoms with Gasteiger partial charge in [0.2, 0.25) is 0 Å². The van der Waals surface area contributed by atoms with Crippen LogP contribution < -0.4 is 20.1 Å². The fraction of sp³-hybridized carbons (Fsp3) is 0.500. The summed E-state index contributed by atoms with van der Waals surface area (Å²) < 4.78 is 16.1. The molecule has 0 fully saturated rings. The van der Waals surface area contributed by atoms with Gasteiger partial charge in [-0.25, -0.2) is 4.99 Å². The highest BCUT2D eigenvalue weighted by Gasteiger charge is 2.26. The van der Waals surface area contributed by atoms with Crippen LogP contribution in [0.2, 0.25) is 0 Å². The summed E-state index contributed by atoms with van der Waals surface area (Å²) in [5.41, 5.74) is -0.0977.